The van der Waals surface area contributed by atoms with Crippen molar-refractivity contribution in [3.63, 3.8) is 0 Å². The number of carbonyl (C=O) groups excluding carboxylic acids is 2. The second-order valence-electron chi connectivity index (χ2n) is 6.57. The van der Waals surface area contributed by atoms with Gasteiger partial charge in [0.05, 0.1) is 5.69 Å². The highest BCUT2D eigenvalue weighted by molar-refractivity contribution is 7.13. The van der Waals surface area contributed by atoms with Crippen LogP contribution in [0.5, 0.6) is 0 Å². The van der Waals surface area contributed by atoms with Gasteiger partial charge < -0.3 is 10.2 Å². The largest absolute Gasteiger partial charge is 0.329 e. The fourth-order valence-corrected chi connectivity index (χ4v) is 3.10. The van der Waals surface area contributed by atoms with E-state index in [1.165, 1.54) is 11.3 Å². The van der Waals surface area contributed by atoms with Crippen molar-refractivity contribution < 1.29 is 9.59 Å². The van der Waals surface area contributed by atoms with E-state index in [1.54, 1.807) is 4.90 Å². The highest BCUT2D eigenvalue weighted by atomic mass is 32.1. The summed E-state index contributed by atoms with van der Waals surface area (Å²) in [5.74, 6) is 0.126. The molecule has 0 saturated carbocycles. The summed E-state index contributed by atoms with van der Waals surface area (Å²) in [4.78, 5) is 31.1. The van der Waals surface area contributed by atoms with Crippen LogP contribution >= 0.6 is 11.3 Å². The van der Waals surface area contributed by atoms with Gasteiger partial charge >= 0.3 is 0 Å². The molecule has 2 amide bonds. The fraction of sp³-hybridized carbons (Fsp3) is 0.421. The summed E-state index contributed by atoms with van der Waals surface area (Å²) in [6, 6.07) is 7.47. The molecule has 5 nitrogen and oxygen atoms in total. The first-order valence-electron chi connectivity index (χ1n) is 8.43. The van der Waals surface area contributed by atoms with Crippen LogP contribution in [0.15, 0.2) is 29.6 Å². The normalized spacial score (nSPS) is 10.8. The van der Waals surface area contributed by atoms with Crippen molar-refractivity contribution in [3.05, 3.63) is 46.5 Å². The lowest BCUT2D eigenvalue weighted by Crippen LogP contribution is -2.39. The lowest BCUT2D eigenvalue weighted by Gasteiger charge is -2.23. The first-order chi connectivity index (χ1) is 11.9. The number of rotatable bonds is 7. The Bertz CT molecular complexity index is 740. The van der Waals surface area contributed by atoms with Crippen LogP contribution in [0.25, 0.3) is 0 Å². The molecule has 6 heteroatoms. The summed E-state index contributed by atoms with van der Waals surface area (Å²) in [6.45, 7) is 8.58. The smallest absolute Gasteiger partial charge is 0.254 e. The minimum Gasteiger partial charge on any atom is -0.329 e. The maximum atomic E-state index is 12.9. The molecule has 0 atom stereocenters. The van der Waals surface area contributed by atoms with Crippen LogP contribution in [0, 0.1) is 19.8 Å². The minimum absolute atomic E-state index is 0.0263. The second-order valence-corrected chi connectivity index (χ2v) is 7.42. The maximum Gasteiger partial charge on any atom is 0.254 e. The van der Waals surface area contributed by atoms with E-state index < -0.39 is 0 Å². The summed E-state index contributed by atoms with van der Waals surface area (Å²) in [6.07, 6.45) is 0.848. The molecule has 1 N–H and O–H groups in total. The van der Waals surface area contributed by atoms with Gasteiger partial charge in [-0.05, 0) is 37.8 Å². The molecule has 0 aliphatic rings. The number of carbonyl (C=O) groups is 2. The zero-order chi connectivity index (χ0) is 18.4. The summed E-state index contributed by atoms with van der Waals surface area (Å²) >= 11 is 1.38. The molecule has 0 fully saturated rings. The third-order valence-corrected chi connectivity index (χ3v) is 4.71. The molecule has 134 valence electrons. The highest BCUT2D eigenvalue weighted by Crippen LogP contribution is 2.16. The van der Waals surface area contributed by atoms with E-state index in [1.807, 2.05) is 43.5 Å². The van der Waals surface area contributed by atoms with Crippen molar-refractivity contribution in [2.24, 2.45) is 5.92 Å². The van der Waals surface area contributed by atoms with Crippen molar-refractivity contribution in [1.82, 2.24) is 9.88 Å². The number of anilines is 1. The molecule has 0 spiro atoms. The number of nitrogens with one attached hydrogen (secondary N) is 1. The molecule has 25 heavy (non-hydrogen) atoms. The van der Waals surface area contributed by atoms with Crippen LogP contribution in [0.3, 0.4) is 0 Å². The average Bonchev–Trinajstić information content (AvgIpc) is 2.96. The SMILES string of the molecule is Cc1csc(NC(=O)CN(CCC(C)C)C(=O)c2ccccc2C)n1. The van der Waals surface area contributed by atoms with Crippen LogP contribution in [0.4, 0.5) is 5.13 Å². The standard InChI is InChI=1S/C19H25N3O2S/c1-13(2)9-10-22(18(24)16-8-6-5-7-14(16)3)11-17(23)21-19-20-15(4)12-25-19/h5-8,12-13H,9-11H2,1-4H3,(H,20,21,23). The van der Waals surface area contributed by atoms with Crippen LogP contribution in [0.1, 0.15) is 41.9 Å². The zero-order valence-electron chi connectivity index (χ0n) is 15.2. The molecule has 0 bridgehead atoms. The number of aryl methyl sites for hydroxylation is 2. The van der Waals surface area contributed by atoms with Gasteiger partial charge in [-0.2, -0.15) is 0 Å². The van der Waals surface area contributed by atoms with Crippen molar-refractivity contribution in [2.45, 2.75) is 34.1 Å². The van der Waals surface area contributed by atoms with Gasteiger partial charge in [0.2, 0.25) is 5.91 Å². The zero-order valence-corrected chi connectivity index (χ0v) is 16.0. The van der Waals surface area contributed by atoms with E-state index in [4.69, 9.17) is 0 Å². The van der Waals surface area contributed by atoms with Crippen molar-refractivity contribution in [3.8, 4) is 0 Å². The van der Waals surface area contributed by atoms with E-state index in [-0.39, 0.29) is 18.4 Å². The maximum absolute atomic E-state index is 12.9. The van der Waals surface area contributed by atoms with E-state index >= 15 is 0 Å². The summed E-state index contributed by atoms with van der Waals surface area (Å²) in [5, 5.41) is 5.22. The van der Waals surface area contributed by atoms with Gasteiger partial charge in [-0.25, -0.2) is 4.98 Å². The van der Waals surface area contributed by atoms with Gasteiger partial charge in [-0.15, -0.1) is 11.3 Å². The Morgan fingerprint density at radius 1 is 1.24 bits per heavy atom. The quantitative estimate of drug-likeness (QED) is 0.816. The van der Waals surface area contributed by atoms with Crippen LogP contribution in [0.2, 0.25) is 0 Å². The molecule has 0 radical (unpaired) electrons. The second kappa shape index (κ2) is 8.76. The third kappa shape index (κ3) is 5.67. The van der Waals surface area contributed by atoms with E-state index in [9.17, 15) is 9.59 Å². The molecule has 1 aromatic heterocycles. The van der Waals surface area contributed by atoms with Crippen molar-refractivity contribution >= 4 is 28.3 Å². The number of benzene rings is 1. The predicted molar refractivity (Wildman–Crippen MR) is 102 cm³/mol. The number of hydrogen-bond acceptors (Lipinski definition) is 4. The van der Waals surface area contributed by atoms with Gasteiger partial charge in [-0.3, -0.25) is 9.59 Å². The monoisotopic (exact) mass is 359 g/mol. The molecule has 0 unspecified atom stereocenters. The fourth-order valence-electron chi connectivity index (χ4n) is 2.39. The number of amides is 2. The molecule has 0 aliphatic heterocycles. The van der Waals surface area contributed by atoms with Crippen molar-refractivity contribution in [2.75, 3.05) is 18.4 Å². The number of aromatic nitrogens is 1. The molecule has 1 aromatic carbocycles. The van der Waals surface area contributed by atoms with Crippen LogP contribution in [-0.4, -0.2) is 34.8 Å². The van der Waals surface area contributed by atoms with Gasteiger partial charge in [-0.1, -0.05) is 32.0 Å². The average molecular weight is 359 g/mol. The Balaban J connectivity index is 2.10. The Morgan fingerprint density at radius 2 is 1.96 bits per heavy atom. The summed E-state index contributed by atoms with van der Waals surface area (Å²) < 4.78 is 0. The molecule has 0 saturated heterocycles. The Morgan fingerprint density at radius 3 is 2.56 bits per heavy atom. The highest BCUT2D eigenvalue weighted by Gasteiger charge is 2.20. The Hall–Kier alpha value is -2.21. The number of thiazole rings is 1. The van der Waals surface area contributed by atoms with Crippen molar-refractivity contribution in [1.29, 1.82) is 0 Å². The predicted octanol–water partition coefficient (Wildman–Crippen LogP) is 3.89. The van der Waals surface area contributed by atoms with E-state index in [0.717, 1.165) is 17.7 Å². The molecular weight excluding hydrogens is 334 g/mol. The van der Waals surface area contributed by atoms with Gasteiger partial charge in [0.15, 0.2) is 5.13 Å². The molecule has 0 aliphatic carbocycles. The minimum atomic E-state index is -0.222. The molecular formula is C19H25N3O2S. The number of hydrogen-bond donors (Lipinski definition) is 1. The van der Waals surface area contributed by atoms with Gasteiger partial charge in [0.25, 0.3) is 5.91 Å². The van der Waals surface area contributed by atoms with E-state index in [0.29, 0.717) is 23.2 Å². The first kappa shape index (κ1) is 19.1. The van der Waals surface area contributed by atoms with E-state index in [2.05, 4.69) is 24.1 Å². The Kier molecular flexibility index (Phi) is 6.70. The molecule has 2 rings (SSSR count). The van der Waals surface area contributed by atoms with Crippen LogP contribution in [-0.2, 0) is 4.79 Å². The summed E-state index contributed by atoms with van der Waals surface area (Å²) in [7, 11) is 0. The molecule has 2 aromatic rings. The van der Waals surface area contributed by atoms with Crippen LogP contribution < -0.4 is 5.32 Å². The van der Waals surface area contributed by atoms with Gasteiger partial charge in [0.1, 0.15) is 6.54 Å². The topological polar surface area (TPSA) is 62.3 Å². The third-order valence-electron chi connectivity index (χ3n) is 3.84. The first-order valence-corrected chi connectivity index (χ1v) is 9.31. The lowest BCUT2D eigenvalue weighted by atomic mass is 10.1. The Labute approximate surface area is 153 Å². The summed E-state index contributed by atoms with van der Waals surface area (Å²) in [5.41, 5.74) is 2.43. The lowest BCUT2D eigenvalue weighted by molar-refractivity contribution is -0.116. The number of nitrogens with zero attached hydrogens (tertiary/aromatic N) is 2. The molecule has 1 heterocycles. The van der Waals surface area contributed by atoms with Gasteiger partial charge in [0, 0.05) is 17.5 Å².